The maximum absolute atomic E-state index is 4.16. The lowest BCUT2D eigenvalue weighted by Gasteiger charge is -2.03. The van der Waals surface area contributed by atoms with Crippen molar-refractivity contribution in [2.45, 2.75) is 13.3 Å². The van der Waals surface area contributed by atoms with Crippen LogP contribution in [0.15, 0.2) is 31.1 Å². The Kier molecular flexibility index (Phi) is 2.66. The lowest BCUT2D eigenvalue weighted by atomic mass is 10.2. The van der Waals surface area contributed by atoms with E-state index in [0.29, 0.717) is 0 Å². The number of pyridine rings is 1. The van der Waals surface area contributed by atoms with E-state index in [4.69, 9.17) is 0 Å². The van der Waals surface area contributed by atoms with Crippen molar-refractivity contribution < 1.29 is 0 Å². The van der Waals surface area contributed by atoms with Crippen LogP contribution in [0.3, 0.4) is 0 Å². The average molecular weight is 148 g/mol. The highest BCUT2D eigenvalue weighted by atomic mass is 15.0. The van der Waals surface area contributed by atoms with E-state index in [1.165, 1.54) is 5.56 Å². The summed E-state index contributed by atoms with van der Waals surface area (Å²) in [6.07, 6.45) is 4.40. The maximum atomic E-state index is 4.16. The number of hydrogen-bond donors (Lipinski definition) is 1. The summed E-state index contributed by atoms with van der Waals surface area (Å²) in [5.41, 5.74) is 1.22. The third kappa shape index (κ3) is 1.80. The highest BCUT2D eigenvalue weighted by molar-refractivity contribution is 5.45. The van der Waals surface area contributed by atoms with E-state index in [2.05, 4.69) is 29.9 Å². The Labute approximate surface area is 67.0 Å². The molecule has 1 aromatic rings. The number of nitrogens with zero attached hydrogens (tertiary/aromatic N) is 1. The van der Waals surface area contributed by atoms with E-state index in [0.717, 1.165) is 12.2 Å². The molecule has 1 rings (SSSR count). The molecular formula is C9H12N2. The molecule has 0 saturated carbocycles. The third-order valence-electron chi connectivity index (χ3n) is 1.51. The standard InChI is InChI=1S/C9H12N2/c1-3-8-6-5-7-11-9(8)10-4-2/h4-7H,2-3H2,1H3,(H,10,11). The first-order valence-electron chi connectivity index (χ1n) is 3.69. The van der Waals surface area contributed by atoms with E-state index in [1.807, 2.05) is 6.07 Å². The molecular weight excluding hydrogens is 136 g/mol. The topological polar surface area (TPSA) is 24.9 Å². The van der Waals surface area contributed by atoms with Crippen LogP contribution in [0.5, 0.6) is 0 Å². The summed E-state index contributed by atoms with van der Waals surface area (Å²) in [7, 11) is 0. The Morgan fingerprint density at radius 2 is 2.55 bits per heavy atom. The quantitative estimate of drug-likeness (QED) is 0.710. The third-order valence-corrected chi connectivity index (χ3v) is 1.51. The Balaban J connectivity index is 2.92. The predicted molar refractivity (Wildman–Crippen MR) is 47.4 cm³/mol. The van der Waals surface area contributed by atoms with Crippen LogP contribution in [-0.4, -0.2) is 4.98 Å². The van der Waals surface area contributed by atoms with Crippen molar-refractivity contribution in [2.75, 3.05) is 5.32 Å². The van der Waals surface area contributed by atoms with E-state index in [-0.39, 0.29) is 0 Å². The van der Waals surface area contributed by atoms with Crippen LogP contribution >= 0.6 is 0 Å². The van der Waals surface area contributed by atoms with Crippen LogP contribution in [0.4, 0.5) is 5.82 Å². The van der Waals surface area contributed by atoms with Gasteiger partial charge in [-0.15, -0.1) is 0 Å². The molecule has 0 bridgehead atoms. The maximum Gasteiger partial charge on any atom is 0.133 e. The molecule has 0 radical (unpaired) electrons. The van der Waals surface area contributed by atoms with Crippen LogP contribution in [-0.2, 0) is 6.42 Å². The van der Waals surface area contributed by atoms with Crippen LogP contribution in [0, 0.1) is 0 Å². The number of anilines is 1. The molecule has 0 unspecified atom stereocenters. The number of aryl methyl sites for hydroxylation is 1. The van der Waals surface area contributed by atoms with Gasteiger partial charge in [0, 0.05) is 6.20 Å². The molecule has 1 heterocycles. The largest absolute Gasteiger partial charge is 0.347 e. The van der Waals surface area contributed by atoms with Gasteiger partial charge in [-0.3, -0.25) is 0 Å². The normalized spacial score (nSPS) is 9.18. The smallest absolute Gasteiger partial charge is 0.133 e. The highest BCUT2D eigenvalue weighted by Crippen LogP contribution is 2.10. The van der Waals surface area contributed by atoms with E-state index in [1.54, 1.807) is 12.4 Å². The van der Waals surface area contributed by atoms with Gasteiger partial charge in [0.15, 0.2) is 0 Å². The van der Waals surface area contributed by atoms with Crippen molar-refractivity contribution in [3.05, 3.63) is 36.7 Å². The molecule has 0 aliphatic carbocycles. The Morgan fingerprint density at radius 1 is 1.73 bits per heavy atom. The summed E-state index contributed by atoms with van der Waals surface area (Å²) >= 11 is 0. The minimum atomic E-state index is 0.907. The van der Waals surface area contributed by atoms with Gasteiger partial charge in [-0.05, 0) is 24.3 Å². The van der Waals surface area contributed by atoms with Crippen LogP contribution in [0.2, 0.25) is 0 Å². The van der Waals surface area contributed by atoms with Crippen molar-refractivity contribution in [3.8, 4) is 0 Å². The molecule has 0 saturated heterocycles. The van der Waals surface area contributed by atoms with E-state index < -0.39 is 0 Å². The van der Waals surface area contributed by atoms with Crippen molar-refractivity contribution in [2.24, 2.45) is 0 Å². The predicted octanol–water partition coefficient (Wildman–Crippen LogP) is 2.20. The van der Waals surface area contributed by atoms with Crippen LogP contribution in [0.25, 0.3) is 0 Å². The Bertz CT molecular complexity index is 243. The molecule has 1 aromatic heterocycles. The Hall–Kier alpha value is -1.31. The molecule has 2 nitrogen and oxygen atoms in total. The first-order chi connectivity index (χ1) is 5.38. The van der Waals surface area contributed by atoms with Crippen molar-refractivity contribution >= 4 is 5.82 Å². The number of rotatable bonds is 3. The number of nitrogens with one attached hydrogen (secondary N) is 1. The summed E-state index contributed by atoms with van der Waals surface area (Å²) < 4.78 is 0. The lowest BCUT2D eigenvalue weighted by Crippen LogP contribution is -1.95. The minimum Gasteiger partial charge on any atom is -0.347 e. The van der Waals surface area contributed by atoms with Crippen molar-refractivity contribution in [1.82, 2.24) is 4.98 Å². The minimum absolute atomic E-state index is 0.907. The van der Waals surface area contributed by atoms with Gasteiger partial charge in [0.05, 0.1) is 0 Å². The summed E-state index contributed by atoms with van der Waals surface area (Å²) in [4.78, 5) is 4.16. The molecule has 2 heteroatoms. The Morgan fingerprint density at radius 3 is 3.18 bits per heavy atom. The van der Waals surface area contributed by atoms with E-state index in [9.17, 15) is 0 Å². The molecule has 11 heavy (non-hydrogen) atoms. The summed E-state index contributed by atoms with van der Waals surface area (Å²) in [5.74, 6) is 0.907. The molecule has 0 amide bonds. The summed E-state index contributed by atoms with van der Waals surface area (Å²) in [6, 6.07) is 3.99. The van der Waals surface area contributed by atoms with Gasteiger partial charge in [0.25, 0.3) is 0 Å². The van der Waals surface area contributed by atoms with Crippen molar-refractivity contribution in [3.63, 3.8) is 0 Å². The molecule has 58 valence electrons. The SMILES string of the molecule is C=CNc1ncccc1CC. The summed E-state index contributed by atoms with van der Waals surface area (Å²) in [5, 5.41) is 2.98. The fourth-order valence-electron chi connectivity index (χ4n) is 0.951. The highest BCUT2D eigenvalue weighted by Gasteiger charge is 1.96. The van der Waals surface area contributed by atoms with Crippen LogP contribution in [0.1, 0.15) is 12.5 Å². The zero-order valence-electron chi connectivity index (χ0n) is 6.67. The number of aromatic nitrogens is 1. The lowest BCUT2D eigenvalue weighted by molar-refractivity contribution is 1.11. The summed E-state index contributed by atoms with van der Waals surface area (Å²) in [6.45, 7) is 5.68. The van der Waals surface area contributed by atoms with Gasteiger partial charge < -0.3 is 5.32 Å². The molecule has 1 N–H and O–H groups in total. The van der Waals surface area contributed by atoms with Crippen LogP contribution < -0.4 is 5.32 Å². The van der Waals surface area contributed by atoms with Gasteiger partial charge in [-0.25, -0.2) is 4.98 Å². The first kappa shape index (κ1) is 7.79. The van der Waals surface area contributed by atoms with Crippen molar-refractivity contribution in [1.29, 1.82) is 0 Å². The molecule has 0 fully saturated rings. The molecule has 0 aliphatic rings. The molecule has 0 aromatic carbocycles. The van der Waals surface area contributed by atoms with Gasteiger partial charge in [-0.2, -0.15) is 0 Å². The second-order valence-electron chi connectivity index (χ2n) is 2.21. The van der Waals surface area contributed by atoms with E-state index >= 15 is 0 Å². The molecule has 0 spiro atoms. The molecule has 0 aliphatic heterocycles. The zero-order valence-corrected chi connectivity index (χ0v) is 6.67. The van der Waals surface area contributed by atoms with Gasteiger partial charge in [0.2, 0.25) is 0 Å². The van der Waals surface area contributed by atoms with Gasteiger partial charge in [0.1, 0.15) is 5.82 Å². The van der Waals surface area contributed by atoms with Gasteiger partial charge >= 0.3 is 0 Å². The first-order valence-corrected chi connectivity index (χ1v) is 3.69. The zero-order chi connectivity index (χ0) is 8.10. The van der Waals surface area contributed by atoms with Gasteiger partial charge in [-0.1, -0.05) is 19.6 Å². The fraction of sp³-hybridized carbons (Fsp3) is 0.222. The average Bonchev–Trinajstić information content (AvgIpc) is 2.06. The second kappa shape index (κ2) is 3.76. The number of hydrogen-bond acceptors (Lipinski definition) is 2. The monoisotopic (exact) mass is 148 g/mol. The fourth-order valence-corrected chi connectivity index (χ4v) is 0.951. The second-order valence-corrected chi connectivity index (χ2v) is 2.21. The molecule has 0 atom stereocenters.